The number of thioether (sulfide) groups is 1. The molecule has 1 spiro atoms. The number of hydrogen-bond acceptors (Lipinski definition) is 6. The quantitative estimate of drug-likeness (QED) is 0.572. The Bertz CT molecular complexity index is 671. The summed E-state index contributed by atoms with van der Waals surface area (Å²) in [5.41, 5.74) is 0. The molecule has 8 heteroatoms. The van der Waals surface area contributed by atoms with Crippen LogP contribution in [0.25, 0.3) is 0 Å². The van der Waals surface area contributed by atoms with Gasteiger partial charge in [0.05, 0.1) is 35.8 Å². The Morgan fingerprint density at radius 2 is 2.03 bits per heavy atom. The predicted molar refractivity (Wildman–Crippen MR) is 111 cm³/mol. The van der Waals surface area contributed by atoms with Crippen LogP contribution in [0.3, 0.4) is 0 Å². The number of carbonyl (C=O) groups excluding carboxylic acids is 3. The van der Waals surface area contributed by atoms with Crippen LogP contribution < -0.4 is 5.32 Å². The van der Waals surface area contributed by atoms with Crippen LogP contribution in [0.4, 0.5) is 0 Å². The van der Waals surface area contributed by atoms with Crippen molar-refractivity contribution in [3.05, 3.63) is 0 Å². The van der Waals surface area contributed by atoms with E-state index in [-0.39, 0.29) is 48.2 Å². The van der Waals surface area contributed by atoms with Crippen molar-refractivity contribution in [2.24, 2.45) is 17.8 Å². The van der Waals surface area contributed by atoms with Gasteiger partial charge in [0.15, 0.2) is 0 Å². The van der Waals surface area contributed by atoms with E-state index in [1.807, 2.05) is 27.7 Å². The maximum absolute atomic E-state index is 13.7. The lowest BCUT2D eigenvalue weighted by Gasteiger charge is -2.39. The first-order valence-electron chi connectivity index (χ1n) is 10.8. The van der Waals surface area contributed by atoms with Crippen LogP contribution in [0.2, 0.25) is 0 Å². The van der Waals surface area contributed by atoms with Crippen LogP contribution in [-0.2, 0) is 19.1 Å². The third-order valence-corrected chi connectivity index (χ3v) is 8.77. The van der Waals surface area contributed by atoms with Crippen LogP contribution in [0.1, 0.15) is 53.9 Å². The smallest absolute Gasteiger partial charge is 0.310 e. The molecule has 2 amide bonds. The molecule has 7 atom stereocenters. The summed E-state index contributed by atoms with van der Waals surface area (Å²) in [6.45, 7) is 9.63. The molecular weight excluding hydrogens is 392 g/mol. The number of likely N-dealkylation sites (tertiary alicyclic amines) is 1. The Kier molecular flexibility index (Phi) is 6.53. The molecule has 164 valence electrons. The molecule has 0 saturated carbocycles. The van der Waals surface area contributed by atoms with Crippen molar-refractivity contribution in [1.82, 2.24) is 10.2 Å². The van der Waals surface area contributed by atoms with Gasteiger partial charge < -0.3 is 20.1 Å². The average Bonchev–Trinajstić information content (AvgIpc) is 3.29. The lowest BCUT2D eigenvalue weighted by Crippen LogP contribution is -2.58. The highest BCUT2D eigenvalue weighted by molar-refractivity contribution is 8.02. The van der Waals surface area contributed by atoms with E-state index in [4.69, 9.17) is 4.74 Å². The third-order valence-electron chi connectivity index (χ3n) is 6.82. The number of nitrogens with zero attached hydrogens (tertiary/aromatic N) is 1. The minimum Gasteiger partial charge on any atom is -0.466 e. The number of rotatable bonds is 8. The van der Waals surface area contributed by atoms with Gasteiger partial charge in [-0.1, -0.05) is 20.3 Å². The van der Waals surface area contributed by atoms with E-state index < -0.39 is 28.7 Å². The van der Waals surface area contributed by atoms with Crippen molar-refractivity contribution in [3.63, 3.8) is 0 Å². The fraction of sp³-hybridized carbons (Fsp3) is 0.857. The van der Waals surface area contributed by atoms with Crippen LogP contribution in [-0.4, -0.2) is 69.1 Å². The number of aliphatic hydroxyl groups excluding tert-OH is 1. The van der Waals surface area contributed by atoms with Crippen molar-refractivity contribution in [1.29, 1.82) is 0 Å². The highest BCUT2D eigenvalue weighted by Gasteiger charge is 2.74. The van der Waals surface area contributed by atoms with Crippen LogP contribution in [0.15, 0.2) is 0 Å². The topological polar surface area (TPSA) is 95.9 Å². The molecule has 3 heterocycles. The fourth-order valence-electron chi connectivity index (χ4n) is 5.43. The number of carbonyl (C=O) groups is 3. The molecule has 0 aromatic rings. The molecule has 3 aliphatic heterocycles. The zero-order chi connectivity index (χ0) is 21.5. The predicted octanol–water partition coefficient (Wildman–Crippen LogP) is 1.57. The molecule has 2 bridgehead atoms. The monoisotopic (exact) mass is 426 g/mol. The Morgan fingerprint density at radius 1 is 1.34 bits per heavy atom. The molecule has 0 radical (unpaired) electrons. The van der Waals surface area contributed by atoms with Gasteiger partial charge >= 0.3 is 5.97 Å². The van der Waals surface area contributed by atoms with E-state index in [0.717, 1.165) is 19.3 Å². The second kappa shape index (κ2) is 8.46. The number of esters is 1. The molecule has 29 heavy (non-hydrogen) atoms. The van der Waals surface area contributed by atoms with Gasteiger partial charge in [-0.05, 0) is 39.5 Å². The van der Waals surface area contributed by atoms with Gasteiger partial charge in [0.2, 0.25) is 11.8 Å². The van der Waals surface area contributed by atoms with E-state index >= 15 is 0 Å². The minimum absolute atomic E-state index is 0.00988. The number of nitrogens with one attached hydrogen (secondary N) is 1. The molecule has 3 fully saturated rings. The molecule has 0 aromatic carbocycles. The number of ether oxygens (including phenoxy) is 1. The van der Waals surface area contributed by atoms with Gasteiger partial charge in [-0.2, -0.15) is 0 Å². The lowest BCUT2D eigenvalue weighted by molar-refractivity contribution is -0.154. The molecule has 2 unspecified atom stereocenters. The minimum atomic E-state index is -0.678. The molecule has 3 rings (SSSR count). The van der Waals surface area contributed by atoms with E-state index in [1.54, 1.807) is 23.6 Å². The lowest BCUT2D eigenvalue weighted by atomic mass is 9.71. The highest BCUT2D eigenvalue weighted by atomic mass is 32.2. The Balaban J connectivity index is 2.06. The largest absolute Gasteiger partial charge is 0.466 e. The van der Waals surface area contributed by atoms with Gasteiger partial charge in [-0.15, -0.1) is 11.8 Å². The third kappa shape index (κ3) is 3.46. The second-order valence-corrected chi connectivity index (χ2v) is 10.5. The Labute approximate surface area is 177 Å². The van der Waals surface area contributed by atoms with Crippen molar-refractivity contribution in [3.8, 4) is 0 Å². The standard InChI is InChI=1S/C21H34N2O5S/c1-6-12(5)13(10-24)23-17(18(25)22-11(3)4)21-9-8-14(29-21)15(16(21)19(23)26)20(27)28-7-2/h11-17,24H,6-10H2,1-5H3,(H,22,25)/t12-,13-,14+,15-,16-,17?,21?/m0/s1. The summed E-state index contributed by atoms with van der Waals surface area (Å²) in [5, 5.41) is 13.1. The molecule has 0 aliphatic carbocycles. The van der Waals surface area contributed by atoms with Crippen molar-refractivity contribution in [2.75, 3.05) is 13.2 Å². The summed E-state index contributed by atoms with van der Waals surface area (Å²) < 4.78 is 4.68. The Morgan fingerprint density at radius 3 is 2.59 bits per heavy atom. The SMILES string of the molecule is CCOC(=O)[C@@H]1[C@H]2C(=O)N([C@@H](CO)[C@@H](C)CC)C(C(=O)NC(C)C)C23CC[C@H]1S3. The first kappa shape index (κ1) is 22.4. The summed E-state index contributed by atoms with van der Waals surface area (Å²) in [7, 11) is 0. The Hall–Kier alpha value is -1.28. The molecule has 7 nitrogen and oxygen atoms in total. The van der Waals surface area contributed by atoms with Crippen LogP contribution >= 0.6 is 11.8 Å². The molecule has 0 aromatic heterocycles. The maximum Gasteiger partial charge on any atom is 0.310 e. The zero-order valence-corrected chi connectivity index (χ0v) is 18.8. The molecule has 3 aliphatic rings. The van der Waals surface area contributed by atoms with Gasteiger partial charge in [0.1, 0.15) is 6.04 Å². The van der Waals surface area contributed by atoms with E-state index in [1.165, 1.54) is 0 Å². The summed E-state index contributed by atoms with van der Waals surface area (Å²) in [6, 6.07) is -1.18. The molecular formula is C21H34N2O5S. The highest BCUT2D eigenvalue weighted by Crippen LogP contribution is 2.66. The van der Waals surface area contributed by atoms with Gasteiger partial charge in [-0.3, -0.25) is 14.4 Å². The first-order valence-corrected chi connectivity index (χ1v) is 11.7. The number of hydrogen-bond donors (Lipinski definition) is 2. The fourth-order valence-corrected chi connectivity index (χ4v) is 7.63. The molecule has 2 N–H and O–H groups in total. The first-order chi connectivity index (χ1) is 13.7. The number of amides is 2. The number of fused-ring (bicyclic) bond motifs is 1. The van der Waals surface area contributed by atoms with E-state index in [0.29, 0.717) is 0 Å². The summed E-state index contributed by atoms with van der Waals surface area (Å²) in [5.74, 6) is -1.74. The van der Waals surface area contributed by atoms with Crippen LogP contribution in [0.5, 0.6) is 0 Å². The van der Waals surface area contributed by atoms with E-state index in [9.17, 15) is 19.5 Å². The zero-order valence-electron chi connectivity index (χ0n) is 18.0. The van der Waals surface area contributed by atoms with Crippen LogP contribution in [0, 0.1) is 17.8 Å². The number of aliphatic hydroxyl groups is 1. The summed E-state index contributed by atoms with van der Waals surface area (Å²) in [6.07, 6.45) is 2.30. The van der Waals surface area contributed by atoms with Crippen molar-refractivity contribution in [2.45, 2.75) is 82.0 Å². The van der Waals surface area contributed by atoms with E-state index in [2.05, 4.69) is 5.32 Å². The normalized spacial score (nSPS) is 35.0. The van der Waals surface area contributed by atoms with Crippen molar-refractivity contribution < 1.29 is 24.2 Å². The van der Waals surface area contributed by atoms with Crippen molar-refractivity contribution >= 4 is 29.5 Å². The van der Waals surface area contributed by atoms with Gasteiger partial charge in [0.25, 0.3) is 0 Å². The van der Waals surface area contributed by atoms with Gasteiger partial charge in [-0.25, -0.2) is 0 Å². The molecule has 3 saturated heterocycles. The second-order valence-electron chi connectivity index (χ2n) is 8.85. The summed E-state index contributed by atoms with van der Waals surface area (Å²) >= 11 is 1.62. The summed E-state index contributed by atoms with van der Waals surface area (Å²) in [4.78, 5) is 41.5. The maximum atomic E-state index is 13.7. The van der Waals surface area contributed by atoms with Gasteiger partial charge in [0, 0.05) is 11.3 Å². The average molecular weight is 427 g/mol.